The number of rotatable bonds is 2. The van der Waals surface area contributed by atoms with Crippen LogP contribution in [0.5, 0.6) is 0 Å². The third-order valence-corrected chi connectivity index (χ3v) is 6.94. The molecule has 0 spiro atoms. The minimum absolute atomic E-state index is 0.236. The van der Waals surface area contributed by atoms with E-state index in [1.807, 2.05) is 0 Å². The SMILES string of the molecule is NC1(C(=O)N2CCN(C3CC4CCC3C4)CC2)CCCCC1. The van der Waals surface area contributed by atoms with E-state index in [4.69, 9.17) is 5.73 Å². The maximum atomic E-state index is 12.8. The first kappa shape index (κ1) is 14.9. The van der Waals surface area contributed by atoms with Crippen molar-refractivity contribution in [3.63, 3.8) is 0 Å². The highest BCUT2D eigenvalue weighted by Crippen LogP contribution is 2.46. The molecule has 4 heteroatoms. The fourth-order valence-corrected chi connectivity index (χ4v) is 5.63. The monoisotopic (exact) mass is 305 g/mol. The van der Waals surface area contributed by atoms with Gasteiger partial charge in [-0.25, -0.2) is 0 Å². The van der Waals surface area contributed by atoms with Gasteiger partial charge in [0.25, 0.3) is 0 Å². The molecule has 2 N–H and O–H groups in total. The number of carbonyl (C=O) groups excluding carboxylic acids is 1. The second kappa shape index (κ2) is 5.79. The van der Waals surface area contributed by atoms with Gasteiger partial charge in [-0.3, -0.25) is 9.69 Å². The van der Waals surface area contributed by atoms with Crippen LogP contribution in [0.25, 0.3) is 0 Å². The summed E-state index contributed by atoms with van der Waals surface area (Å²) in [6.45, 7) is 3.92. The van der Waals surface area contributed by atoms with E-state index >= 15 is 0 Å². The van der Waals surface area contributed by atoms with E-state index in [1.165, 1.54) is 32.1 Å². The Labute approximate surface area is 134 Å². The predicted molar refractivity (Wildman–Crippen MR) is 87.4 cm³/mol. The van der Waals surface area contributed by atoms with Crippen molar-refractivity contribution < 1.29 is 4.79 Å². The Kier molecular flexibility index (Phi) is 3.93. The maximum absolute atomic E-state index is 12.8. The second-order valence-corrected chi connectivity index (χ2v) is 8.29. The Bertz CT molecular complexity index is 424. The van der Waals surface area contributed by atoms with Crippen LogP contribution in [-0.4, -0.2) is 53.5 Å². The van der Waals surface area contributed by atoms with Gasteiger partial charge in [0.05, 0.1) is 5.54 Å². The van der Waals surface area contributed by atoms with Crippen molar-refractivity contribution in [1.82, 2.24) is 9.80 Å². The van der Waals surface area contributed by atoms with Crippen molar-refractivity contribution in [2.75, 3.05) is 26.2 Å². The van der Waals surface area contributed by atoms with Crippen molar-refractivity contribution in [1.29, 1.82) is 0 Å². The number of carbonyl (C=O) groups is 1. The average Bonchev–Trinajstić information content (AvgIpc) is 3.18. The van der Waals surface area contributed by atoms with Crippen LogP contribution in [0.15, 0.2) is 0 Å². The van der Waals surface area contributed by atoms with Crippen LogP contribution in [0, 0.1) is 11.8 Å². The number of nitrogens with two attached hydrogens (primary N) is 1. The molecule has 1 aliphatic heterocycles. The van der Waals surface area contributed by atoms with Gasteiger partial charge in [0.1, 0.15) is 0 Å². The summed E-state index contributed by atoms with van der Waals surface area (Å²) in [5.41, 5.74) is 5.89. The van der Waals surface area contributed by atoms with Crippen LogP contribution >= 0.6 is 0 Å². The van der Waals surface area contributed by atoms with Gasteiger partial charge < -0.3 is 10.6 Å². The molecule has 1 heterocycles. The Hall–Kier alpha value is -0.610. The van der Waals surface area contributed by atoms with E-state index < -0.39 is 5.54 Å². The zero-order chi connectivity index (χ0) is 15.2. The molecule has 22 heavy (non-hydrogen) atoms. The van der Waals surface area contributed by atoms with Gasteiger partial charge in [-0.1, -0.05) is 25.7 Å². The van der Waals surface area contributed by atoms with Gasteiger partial charge >= 0.3 is 0 Å². The summed E-state index contributed by atoms with van der Waals surface area (Å²) in [6.07, 6.45) is 11.0. The first-order chi connectivity index (χ1) is 10.7. The molecule has 0 aromatic heterocycles. The second-order valence-electron chi connectivity index (χ2n) is 8.29. The van der Waals surface area contributed by atoms with Crippen molar-refractivity contribution in [3.8, 4) is 0 Å². The predicted octanol–water partition coefficient (Wildman–Crippen LogP) is 1.98. The van der Waals surface area contributed by atoms with Crippen LogP contribution < -0.4 is 5.73 Å². The van der Waals surface area contributed by atoms with Crippen LogP contribution in [-0.2, 0) is 4.79 Å². The molecule has 1 amide bonds. The van der Waals surface area contributed by atoms with Gasteiger partial charge in [0.2, 0.25) is 5.91 Å². The Morgan fingerprint density at radius 2 is 1.68 bits per heavy atom. The zero-order valence-corrected chi connectivity index (χ0v) is 13.8. The minimum atomic E-state index is -0.549. The van der Waals surface area contributed by atoms with Gasteiger partial charge in [-0.2, -0.15) is 0 Å². The summed E-state index contributed by atoms with van der Waals surface area (Å²) < 4.78 is 0. The van der Waals surface area contributed by atoms with Crippen molar-refractivity contribution in [2.45, 2.75) is 69.4 Å². The summed E-state index contributed by atoms with van der Waals surface area (Å²) >= 11 is 0. The lowest BCUT2D eigenvalue weighted by atomic mass is 9.81. The molecule has 0 radical (unpaired) electrons. The van der Waals surface area contributed by atoms with Gasteiger partial charge in [-0.05, 0) is 43.9 Å². The molecule has 3 atom stereocenters. The normalized spacial score (nSPS) is 38.4. The molecule has 4 aliphatic rings. The minimum Gasteiger partial charge on any atom is -0.339 e. The first-order valence-corrected chi connectivity index (χ1v) is 9.48. The standard InChI is InChI=1S/C18H31N3O/c19-18(6-2-1-3-7-18)17(22)21-10-8-20(9-11-21)16-13-14-4-5-15(16)12-14/h14-16H,1-13,19H2. The van der Waals surface area contributed by atoms with Crippen molar-refractivity contribution in [3.05, 3.63) is 0 Å². The lowest BCUT2D eigenvalue weighted by Crippen LogP contribution is -2.61. The Balaban J connectivity index is 1.33. The molecule has 0 aromatic rings. The third kappa shape index (κ3) is 2.58. The molecule has 4 nitrogen and oxygen atoms in total. The summed E-state index contributed by atoms with van der Waals surface area (Å²) in [6, 6.07) is 0.817. The molecule has 4 fully saturated rings. The Morgan fingerprint density at radius 3 is 2.27 bits per heavy atom. The number of hydrogen-bond acceptors (Lipinski definition) is 3. The molecule has 3 aliphatic carbocycles. The Morgan fingerprint density at radius 1 is 0.955 bits per heavy atom. The van der Waals surface area contributed by atoms with Crippen LogP contribution in [0.1, 0.15) is 57.8 Å². The lowest BCUT2D eigenvalue weighted by molar-refractivity contribution is -0.140. The van der Waals surface area contributed by atoms with E-state index in [0.717, 1.165) is 69.7 Å². The fraction of sp³-hybridized carbons (Fsp3) is 0.944. The van der Waals surface area contributed by atoms with Crippen molar-refractivity contribution in [2.24, 2.45) is 17.6 Å². The fourth-order valence-electron chi connectivity index (χ4n) is 5.63. The summed E-state index contributed by atoms with van der Waals surface area (Å²) in [5, 5.41) is 0. The number of nitrogens with zero attached hydrogens (tertiary/aromatic N) is 2. The molecule has 1 saturated heterocycles. The van der Waals surface area contributed by atoms with E-state index in [1.54, 1.807) is 0 Å². The highest BCUT2D eigenvalue weighted by Gasteiger charge is 2.44. The van der Waals surface area contributed by atoms with E-state index in [9.17, 15) is 4.79 Å². The zero-order valence-electron chi connectivity index (χ0n) is 13.8. The molecule has 0 aromatic carbocycles. The topological polar surface area (TPSA) is 49.6 Å². The number of fused-ring (bicyclic) bond motifs is 2. The van der Waals surface area contributed by atoms with Gasteiger partial charge in [-0.15, -0.1) is 0 Å². The molecule has 3 saturated carbocycles. The smallest absolute Gasteiger partial charge is 0.242 e. The van der Waals surface area contributed by atoms with E-state index in [2.05, 4.69) is 9.80 Å². The van der Waals surface area contributed by atoms with E-state index in [-0.39, 0.29) is 5.91 Å². The van der Waals surface area contributed by atoms with Gasteiger partial charge in [0, 0.05) is 32.2 Å². The van der Waals surface area contributed by atoms with E-state index in [0.29, 0.717) is 0 Å². The van der Waals surface area contributed by atoms with Crippen LogP contribution in [0.3, 0.4) is 0 Å². The molecular weight excluding hydrogens is 274 g/mol. The lowest BCUT2D eigenvalue weighted by Gasteiger charge is -2.44. The maximum Gasteiger partial charge on any atom is 0.242 e. The van der Waals surface area contributed by atoms with Crippen LogP contribution in [0.4, 0.5) is 0 Å². The summed E-state index contributed by atoms with van der Waals surface area (Å²) in [7, 11) is 0. The highest BCUT2D eigenvalue weighted by molar-refractivity contribution is 5.86. The average molecular weight is 305 g/mol. The van der Waals surface area contributed by atoms with Crippen LogP contribution in [0.2, 0.25) is 0 Å². The number of amides is 1. The molecule has 2 bridgehead atoms. The number of hydrogen-bond donors (Lipinski definition) is 1. The summed E-state index contributed by atoms with van der Waals surface area (Å²) in [4.78, 5) is 17.6. The molecular formula is C18H31N3O. The van der Waals surface area contributed by atoms with Crippen molar-refractivity contribution >= 4 is 5.91 Å². The molecule has 4 rings (SSSR count). The highest BCUT2D eigenvalue weighted by atomic mass is 16.2. The quantitative estimate of drug-likeness (QED) is 0.849. The third-order valence-electron chi connectivity index (χ3n) is 6.94. The molecule has 124 valence electrons. The number of piperazine rings is 1. The first-order valence-electron chi connectivity index (χ1n) is 9.48. The summed E-state index contributed by atoms with van der Waals surface area (Å²) in [5.74, 6) is 2.19. The molecule has 3 unspecified atom stereocenters. The largest absolute Gasteiger partial charge is 0.339 e. The van der Waals surface area contributed by atoms with Gasteiger partial charge in [0.15, 0.2) is 0 Å².